The lowest BCUT2D eigenvalue weighted by molar-refractivity contribution is -0.143. The van der Waals surface area contributed by atoms with Crippen molar-refractivity contribution in [3.8, 4) is 0 Å². The van der Waals surface area contributed by atoms with Crippen molar-refractivity contribution in [2.45, 2.75) is 46.3 Å². The highest BCUT2D eigenvalue weighted by Crippen LogP contribution is 2.30. The number of carbonyl (C=O) groups is 2. The van der Waals surface area contributed by atoms with Gasteiger partial charge in [-0.1, -0.05) is 13.8 Å². The monoisotopic (exact) mass is 243 g/mol. The summed E-state index contributed by atoms with van der Waals surface area (Å²) in [5.41, 5.74) is -0.602. The SMILES string of the molecule is C[C@H]1[C@@H](C)CN(C(=O)OC(C)(C)C)[C@H]1C(=O)O. The van der Waals surface area contributed by atoms with Gasteiger partial charge in [0.25, 0.3) is 0 Å². The second-order valence-electron chi connectivity index (χ2n) is 5.75. The maximum atomic E-state index is 11.9. The predicted molar refractivity (Wildman–Crippen MR) is 62.7 cm³/mol. The molecule has 1 aliphatic rings. The zero-order valence-electron chi connectivity index (χ0n) is 11.1. The molecule has 0 bridgehead atoms. The number of aliphatic carboxylic acids is 1. The Hall–Kier alpha value is -1.26. The Morgan fingerprint density at radius 3 is 2.24 bits per heavy atom. The minimum atomic E-state index is -0.965. The molecule has 0 spiro atoms. The van der Waals surface area contributed by atoms with Gasteiger partial charge in [0.15, 0.2) is 0 Å². The molecule has 1 rings (SSSR count). The molecule has 1 amide bonds. The Kier molecular flexibility index (Phi) is 3.69. The van der Waals surface area contributed by atoms with Gasteiger partial charge in [0.1, 0.15) is 11.6 Å². The van der Waals surface area contributed by atoms with Gasteiger partial charge < -0.3 is 9.84 Å². The molecule has 0 radical (unpaired) electrons. The molecule has 5 nitrogen and oxygen atoms in total. The van der Waals surface area contributed by atoms with E-state index in [1.807, 2.05) is 13.8 Å². The Balaban J connectivity index is 2.82. The van der Waals surface area contributed by atoms with Gasteiger partial charge in [0.05, 0.1) is 0 Å². The molecule has 0 saturated carbocycles. The fourth-order valence-electron chi connectivity index (χ4n) is 2.05. The first kappa shape index (κ1) is 13.8. The average molecular weight is 243 g/mol. The van der Waals surface area contributed by atoms with Gasteiger partial charge in [-0.3, -0.25) is 4.90 Å². The molecule has 0 aromatic heterocycles. The number of carboxylic acids is 1. The summed E-state index contributed by atoms with van der Waals surface area (Å²) in [4.78, 5) is 24.4. The topological polar surface area (TPSA) is 66.8 Å². The van der Waals surface area contributed by atoms with Crippen LogP contribution in [-0.2, 0) is 9.53 Å². The normalized spacial score (nSPS) is 29.2. The Morgan fingerprint density at radius 1 is 1.29 bits per heavy atom. The summed E-state index contributed by atoms with van der Waals surface area (Å²) >= 11 is 0. The number of amides is 1. The van der Waals surface area contributed by atoms with E-state index in [0.717, 1.165) is 0 Å². The van der Waals surface area contributed by atoms with Crippen LogP contribution in [0.1, 0.15) is 34.6 Å². The van der Waals surface area contributed by atoms with Crippen molar-refractivity contribution >= 4 is 12.1 Å². The zero-order chi connectivity index (χ0) is 13.4. The minimum absolute atomic E-state index is 0.0555. The molecule has 5 heteroatoms. The van der Waals surface area contributed by atoms with Gasteiger partial charge >= 0.3 is 12.1 Å². The number of carboxylic acid groups (broad SMARTS) is 1. The third-order valence-electron chi connectivity index (χ3n) is 3.10. The summed E-state index contributed by atoms with van der Waals surface area (Å²) in [5.74, 6) is -0.851. The molecule has 1 saturated heterocycles. The van der Waals surface area contributed by atoms with Crippen LogP contribution in [0, 0.1) is 11.8 Å². The first-order valence-electron chi connectivity index (χ1n) is 5.86. The van der Waals surface area contributed by atoms with Crippen LogP contribution >= 0.6 is 0 Å². The highest BCUT2D eigenvalue weighted by molar-refractivity contribution is 5.81. The molecular formula is C12H21NO4. The van der Waals surface area contributed by atoms with Crippen molar-refractivity contribution in [3.63, 3.8) is 0 Å². The van der Waals surface area contributed by atoms with E-state index in [4.69, 9.17) is 9.84 Å². The predicted octanol–water partition coefficient (Wildman–Crippen LogP) is 1.96. The second kappa shape index (κ2) is 4.55. The first-order chi connectivity index (χ1) is 7.63. The summed E-state index contributed by atoms with van der Waals surface area (Å²) in [7, 11) is 0. The van der Waals surface area contributed by atoms with Gasteiger partial charge in [-0.25, -0.2) is 9.59 Å². The minimum Gasteiger partial charge on any atom is -0.480 e. The fraction of sp³-hybridized carbons (Fsp3) is 0.833. The van der Waals surface area contributed by atoms with E-state index in [2.05, 4.69) is 0 Å². The Labute approximate surface area is 102 Å². The van der Waals surface area contributed by atoms with Crippen LogP contribution in [0.3, 0.4) is 0 Å². The van der Waals surface area contributed by atoms with Crippen LogP contribution in [-0.4, -0.2) is 40.3 Å². The molecule has 0 aliphatic carbocycles. The lowest BCUT2D eigenvalue weighted by atomic mass is 9.94. The summed E-state index contributed by atoms with van der Waals surface area (Å²) in [6.45, 7) is 9.54. The van der Waals surface area contributed by atoms with Gasteiger partial charge in [0.2, 0.25) is 0 Å². The molecule has 1 fully saturated rings. The third kappa shape index (κ3) is 3.11. The Morgan fingerprint density at radius 2 is 1.82 bits per heavy atom. The number of hydrogen-bond donors (Lipinski definition) is 1. The van der Waals surface area contributed by atoms with Gasteiger partial charge in [0, 0.05) is 6.54 Å². The number of carbonyl (C=O) groups excluding carboxylic acids is 1. The van der Waals surface area contributed by atoms with Crippen LogP contribution < -0.4 is 0 Å². The highest BCUT2D eigenvalue weighted by Gasteiger charge is 2.45. The van der Waals surface area contributed by atoms with Gasteiger partial charge in [-0.05, 0) is 32.6 Å². The van der Waals surface area contributed by atoms with Crippen LogP contribution in [0.15, 0.2) is 0 Å². The molecule has 1 N–H and O–H groups in total. The summed E-state index contributed by atoms with van der Waals surface area (Å²) < 4.78 is 5.22. The average Bonchev–Trinajstić information content (AvgIpc) is 2.40. The zero-order valence-corrected chi connectivity index (χ0v) is 11.1. The van der Waals surface area contributed by atoms with E-state index in [-0.39, 0.29) is 11.8 Å². The lowest BCUT2D eigenvalue weighted by Crippen LogP contribution is -2.45. The van der Waals surface area contributed by atoms with Crippen molar-refractivity contribution in [3.05, 3.63) is 0 Å². The van der Waals surface area contributed by atoms with Crippen LogP contribution in [0.25, 0.3) is 0 Å². The summed E-state index contributed by atoms with van der Waals surface area (Å²) in [6.07, 6.45) is -0.541. The maximum absolute atomic E-state index is 11.9. The number of likely N-dealkylation sites (tertiary alicyclic amines) is 1. The van der Waals surface area contributed by atoms with Crippen molar-refractivity contribution in [1.82, 2.24) is 4.90 Å². The number of nitrogens with zero attached hydrogens (tertiary/aromatic N) is 1. The van der Waals surface area contributed by atoms with Crippen molar-refractivity contribution in [2.75, 3.05) is 6.54 Å². The quantitative estimate of drug-likeness (QED) is 0.764. The van der Waals surface area contributed by atoms with Crippen LogP contribution in [0.4, 0.5) is 4.79 Å². The van der Waals surface area contributed by atoms with Crippen molar-refractivity contribution in [2.24, 2.45) is 11.8 Å². The molecule has 0 unspecified atom stereocenters. The molecule has 3 atom stereocenters. The van der Waals surface area contributed by atoms with E-state index < -0.39 is 23.7 Å². The Bertz CT molecular complexity index is 321. The molecule has 1 aliphatic heterocycles. The van der Waals surface area contributed by atoms with E-state index >= 15 is 0 Å². The van der Waals surface area contributed by atoms with E-state index in [0.29, 0.717) is 6.54 Å². The fourth-order valence-corrected chi connectivity index (χ4v) is 2.05. The summed E-state index contributed by atoms with van der Waals surface area (Å²) in [5, 5.41) is 9.17. The van der Waals surface area contributed by atoms with Crippen molar-refractivity contribution in [1.29, 1.82) is 0 Å². The second-order valence-corrected chi connectivity index (χ2v) is 5.75. The number of ether oxygens (including phenoxy) is 1. The van der Waals surface area contributed by atoms with Gasteiger partial charge in [-0.15, -0.1) is 0 Å². The smallest absolute Gasteiger partial charge is 0.411 e. The van der Waals surface area contributed by atoms with E-state index in [1.165, 1.54) is 4.90 Å². The molecule has 98 valence electrons. The summed E-state index contributed by atoms with van der Waals surface area (Å²) in [6, 6.07) is -0.778. The largest absolute Gasteiger partial charge is 0.480 e. The first-order valence-corrected chi connectivity index (χ1v) is 5.86. The molecule has 0 aromatic carbocycles. The standard InChI is InChI=1S/C12H21NO4/c1-7-6-13(9(8(7)2)10(14)15)11(16)17-12(3,4)5/h7-9H,6H2,1-5H3,(H,14,15)/t7-,8-,9+/m0/s1. The van der Waals surface area contributed by atoms with E-state index in [9.17, 15) is 9.59 Å². The van der Waals surface area contributed by atoms with Crippen LogP contribution in [0.5, 0.6) is 0 Å². The maximum Gasteiger partial charge on any atom is 0.411 e. The van der Waals surface area contributed by atoms with Gasteiger partial charge in [-0.2, -0.15) is 0 Å². The van der Waals surface area contributed by atoms with Crippen LogP contribution in [0.2, 0.25) is 0 Å². The number of hydrogen-bond acceptors (Lipinski definition) is 3. The molecule has 1 heterocycles. The molecule has 0 aromatic rings. The lowest BCUT2D eigenvalue weighted by Gasteiger charge is -2.27. The van der Waals surface area contributed by atoms with E-state index in [1.54, 1.807) is 20.8 Å². The molecule has 17 heavy (non-hydrogen) atoms. The van der Waals surface area contributed by atoms with Crippen molar-refractivity contribution < 1.29 is 19.4 Å². The third-order valence-corrected chi connectivity index (χ3v) is 3.10. The molecular weight excluding hydrogens is 222 g/mol. The number of rotatable bonds is 1. The highest BCUT2D eigenvalue weighted by atomic mass is 16.6.